The zero-order chi connectivity index (χ0) is 6.10. The first-order chi connectivity index (χ1) is 4.47. The SMILES string of the molecule is [c]1[nH]cc2c1CCC=C2. The molecule has 1 radical (unpaired) electrons. The van der Waals surface area contributed by atoms with Crippen molar-refractivity contribution in [3.8, 4) is 0 Å². The minimum atomic E-state index is 1.15. The van der Waals surface area contributed by atoms with Gasteiger partial charge in [0.15, 0.2) is 0 Å². The molecule has 0 aliphatic heterocycles. The molecule has 0 spiro atoms. The van der Waals surface area contributed by atoms with E-state index in [4.69, 9.17) is 0 Å². The molecule has 0 amide bonds. The van der Waals surface area contributed by atoms with Gasteiger partial charge < -0.3 is 4.98 Å². The molecule has 0 bridgehead atoms. The topological polar surface area (TPSA) is 15.8 Å². The highest BCUT2D eigenvalue weighted by atomic mass is 14.6. The number of aromatic nitrogens is 1. The number of H-pyrrole nitrogens is 1. The van der Waals surface area contributed by atoms with Gasteiger partial charge in [0.05, 0.1) is 6.20 Å². The predicted molar refractivity (Wildman–Crippen MR) is 37.0 cm³/mol. The molecule has 1 heteroatoms. The molecule has 1 nitrogen and oxygen atoms in total. The number of fused-ring (bicyclic) bond motifs is 1. The van der Waals surface area contributed by atoms with Crippen molar-refractivity contribution in [2.24, 2.45) is 0 Å². The van der Waals surface area contributed by atoms with Crippen LogP contribution in [0.1, 0.15) is 17.5 Å². The third kappa shape index (κ3) is 0.689. The van der Waals surface area contributed by atoms with Crippen LogP contribution in [0.5, 0.6) is 0 Å². The van der Waals surface area contributed by atoms with Gasteiger partial charge in [-0.25, -0.2) is 0 Å². The van der Waals surface area contributed by atoms with Crippen LogP contribution in [0, 0.1) is 6.20 Å². The summed E-state index contributed by atoms with van der Waals surface area (Å²) in [5.74, 6) is 0. The van der Waals surface area contributed by atoms with E-state index in [0.717, 1.165) is 6.42 Å². The van der Waals surface area contributed by atoms with E-state index in [1.54, 1.807) is 0 Å². The second-order valence-corrected chi connectivity index (χ2v) is 2.29. The molecule has 1 N–H and O–H groups in total. The summed E-state index contributed by atoms with van der Waals surface area (Å²) >= 11 is 0. The van der Waals surface area contributed by atoms with E-state index in [9.17, 15) is 0 Å². The van der Waals surface area contributed by atoms with Gasteiger partial charge in [-0.1, -0.05) is 12.2 Å². The van der Waals surface area contributed by atoms with Crippen molar-refractivity contribution in [1.82, 2.24) is 4.98 Å². The van der Waals surface area contributed by atoms with E-state index in [2.05, 4.69) is 23.3 Å². The normalized spacial score (nSPS) is 15.6. The summed E-state index contributed by atoms with van der Waals surface area (Å²) in [6.45, 7) is 0. The molecule has 0 unspecified atom stereocenters. The molecule has 45 valence electrons. The predicted octanol–water partition coefficient (Wildman–Crippen LogP) is 1.77. The van der Waals surface area contributed by atoms with Crippen molar-refractivity contribution in [3.63, 3.8) is 0 Å². The lowest BCUT2D eigenvalue weighted by atomic mass is 10.0. The first-order valence-electron chi connectivity index (χ1n) is 3.21. The quantitative estimate of drug-likeness (QED) is 0.534. The third-order valence-electron chi connectivity index (χ3n) is 1.66. The molecule has 0 atom stereocenters. The number of allylic oxidation sites excluding steroid dienone is 1. The monoisotopic (exact) mass is 118 g/mol. The zero-order valence-corrected chi connectivity index (χ0v) is 5.15. The van der Waals surface area contributed by atoms with Crippen molar-refractivity contribution in [3.05, 3.63) is 29.6 Å². The summed E-state index contributed by atoms with van der Waals surface area (Å²) in [4.78, 5) is 2.96. The zero-order valence-electron chi connectivity index (χ0n) is 5.15. The summed E-state index contributed by atoms with van der Waals surface area (Å²) < 4.78 is 0. The number of aryl methyl sites for hydroxylation is 1. The van der Waals surface area contributed by atoms with Crippen molar-refractivity contribution in [2.45, 2.75) is 12.8 Å². The average Bonchev–Trinajstić information content (AvgIpc) is 2.33. The molecule has 1 aliphatic carbocycles. The number of nitrogens with one attached hydrogen (secondary N) is 1. The molecule has 2 rings (SSSR count). The Hall–Kier alpha value is -0.980. The molecule has 1 aromatic rings. The van der Waals surface area contributed by atoms with Crippen LogP contribution in [0.3, 0.4) is 0 Å². The van der Waals surface area contributed by atoms with Crippen LogP contribution < -0.4 is 0 Å². The maximum Gasteiger partial charge on any atom is 0.0661 e. The van der Waals surface area contributed by atoms with Gasteiger partial charge in [0.25, 0.3) is 0 Å². The number of hydrogen-bond donors (Lipinski definition) is 1. The maximum atomic E-state index is 3.08. The van der Waals surface area contributed by atoms with E-state index in [1.807, 2.05) is 6.20 Å². The van der Waals surface area contributed by atoms with Crippen molar-refractivity contribution in [1.29, 1.82) is 0 Å². The van der Waals surface area contributed by atoms with Crippen LogP contribution in [0.4, 0.5) is 0 Å². The highest BCUT2D eigenvalue weighted by molar-refractivity contribution is 5.54. The van der Waals surface area contributed by atoms with Gasteiger partial charge in [0, 0.05) is 6.20 Å². The summed E-state index contributed by atoms with van der Waals surface area (Å²) in [6, 6.07) is 0. The molecule has 9 heavy (non-hydrogen) atoms. The maximum absolute atomic E-state index is 3.08. The van der Waals surface area contributed by atoms with Gasteiger partial charge in [0.2, 0.25) is 0 Å². The van der Waals surface area contributed by atoms with Gasteiger partial charge in [-0.2, -0.15) is 0 Å². The smallest absolute Gasteiger partial charge is 0.0661 e. The lowest BCUT2D eigenvalue weighted by Crippen LogP contribution is -1.87. The van der Waals surface area contributed by atoms with Gasteiger partial charge in [0.1, 0.15) is 0 Å². The molecular weight excluding hydrogens is 110 g/mol. The van der Waals surface area contributed by atoms with Gasteiger partial charge in [-0.3, -0.25) is 0 Å². The summed E-state index contributed by atoms with van der Waals surface area (Å²) in [7, 11) is 0. The summed E-state index contributed by atoms with van der Waals surface area (Å²) in [5, 5.41) is 0. The molecule has 1 heterocycles. The van der Waals surface area contributed by atoms with Crippen molar-refractivity contribution >= 4 is 6.08 Å². The first-order valence-corrected chi connectivity index (χ1v) is 3.21. The van der Waals surface area contributed by atoms with E-state index in [1.165, 1.54) is 17.5 Å². The molecule has 0 aromatic carbocycles. The van der Waals surface area contributed by atoms with Crippen LogP contribution in [-0.4, -0.2) is 4.98 Å². The number of rotatable bonds is 0. The Labute approximate surface area is 54.4 Å². The van der Waals surface area contributed by atoms with E-state index in [0.29, 0.717) is 0 Å². The third-order valence-corrected chi connectivity index (χ3v) is 1.66. The van der Waals surface area contributed by atoms with Gasteiger partial charge in [-0.15, -0.1) is 0 Å². The van der Waals surface area contributed by atoms with E-state index in [-0.39, 0.29) is 0 Å². The van der Waals surface area contributed by atoms with Crippen LogP contribution in [0.2, 0.25) is 0 Å². The van der Waals surface area contributed by atoms with Crippen molar-refractivity contribution in [2.75, 3.05) is 0 Å². The van der Waals surface area contributed by atoms with Gasteiger partial charge in [-0.05, 0) is 24.0 Å². The van der Waals surface area contributed by atoms with Gasteiger partial charge >= 0.3 is 0 Å². The average molecular weight is 118 g/mol. The lowest BCUT2D eigenvalue weighted by molar-refractivity contribution is 0.988. The van der Waals surface area contributed by atoms with Crippen LogP contribution in [0.15, 0.2) is 12.3 Å². The number of aromatic amines is 1. The Morgan fingerprint density at radius 3 is 3.44 bits per heavy atom. The fraction of sp³-hybridized carbons (Fsp3) is 0.250. The molecular formula is C8H8N. The number of hydrogen-bond acceptors (Lipinski definition) is 0. The second-order valence-electron chi connectivity index (χ2n) is 2.29. The molecule has 1 aliphatic rings. The summed E-state index contributed by atoms with van der Waals surface area (Å²) in [6.07, 6.45) is 11.7. The Bertz CT molecular complexity index is 232. The van der Waals surface area contributed by atoms with Crippen LogP contribution >= 0.6 is 0 Å². The Morgan fingerprint density at radius 1 is 1.56 bits per heavy atom. The molecule has 0 fully saturated rings. The Morgan fingerprint density at radius 2 is 2.56 bits per heavy atom. The summed E-state index contributed by atoms with van der Waals surface area (Å²) in [5.41, 5.74) is 2.64. The minimum absolute atomic E-state index is 1.15. The molecule has 0 saturated heterocycles. The fourth-order valence-corrected chi connectivity index (χ4v) is 1.15. The molecule has 1 aromatic heterocycles. The highest BCUT2D eigenvalue weighted by Gasteiger charge is 2.02. The molecule has 0 saturated carbocycles. The van der Waals surface area contributed by atoms with E-state index < -0.39 is 0 Å². The lowest BCUT2D eigenvalue weighted by Gasteiger charge is -2.00. The first kappa shape index (κ1) is 4.86. The standard InChI is InChI=1S/C8H8N/c1-2-4-8-6-9-5-7(8)3-1/h1,3,5,9H,2,4H2. The van der Waals surface area contributed by atoms with E-state index >= 15 is 0 Å². The van der Waals surface area contributed by atoms with Crippen LogP contribution in [0.25, 0.3) is 6.08 Å². The fourth-order valence-electron chi connectivity index (χ4n) is 1.15. The van der Waals surface area contributed by atoms with Crippen molar-refractivity contribution < 1.29 is 0 Å². The Balaban J connectivity index is 2.53. The largest absolute Gasteiger partial charge is 0.359 e. The highest BCUT2D eigenvalue weighted by Crippen LogP contribution is 2.16. The minimum Gasteiger partial charge on any atom is -0.359 e. The second kappa shape index (κ2) is 1.76. The van der Waals surface area contributed by atoms with Crippen LogP contribution in [-0.2, 0) is 6.42 Å². The Kier molecular flexibility index (Phi) is 0.950.